The van der Waals surface area contributed by atoms with Crippen LogP contribution < -0.4 is 10.2 Å². The maximum atomic E-state index is 12.4. The van der Waals surface area contributed by atoms with Crippen molar-refractivity contribution >= 4 is 61.6 Å². The second-order valence-electron chi connectivity index (χ2n) is 5.79. The number of hydrogen-bond acceptors (Lipinski definition) is 4. The molecular formula is C21H13Br2ClN2O3. The number of rotatable bonds is 5. The van der Waals surface area contributed by atoms with Crippen molar-refractivity contribution in [3.05, 3.63) is 97.4 Å². The van der Waals surface area contributed by atoms with Gasteiger partial charge in [0, 0.05) is 25.1 Å². The van der Waals surface area contributed by atoms with Crippen LogP contribution in [0.15, 0.2) is 80.8 Å². The predicted octanol–water partition coefficient (Wildman–Crippen LogP) is 5.85. The molecule has 1 amide bonds. The lowest BCUT2D eigenvalue weighted by atomic mass is 10.2. The minimum Gasteiger partial charge on any atom is -0.422 e. The van der Waals surface area contributed by atoms with Crippen molar-refractivity contribution in [1.82, 2.24) is 5.43 Å². The van der Waals surface area contributed by atoms with E-state index in [-0.39, 0.29) is 5.91 Å². The van der Waals surface area contributed by atoms with Crippen LogP contribution in [0.1, 0.15) is 26.3 Å². The van der Waals surface area contributed by atoms with Gasteiger partial charge in [-0.2, -0.15) is 5.10 Å². The molecular weight excluding hydrogens is 524 g/mol. The monoisotopic (exact) mass is 534 g/mol. The summed E-state index contributed by atoms with van der Waals surface area (Å²) in [7, 11) is 0. The van der Waals surface area contributed by atoms with Gasteiger partial charge in [-0.15, -0.1) is 0 Å². The molecule has 0 unspecified atom stereocenters. The zero-order valence-electron chi connectivity index (χ0n) is 14.7. The van der Waals surface area contributed by atoms with E-state index in [0.29, 0.717) is 27.5 Å². The van der Waals surface area contributed by atoms with E-state index in [2.05, 4.69) is 42.4 Å². The molecule has 3 aromatic rings. The lowest BCUT2D eigenvalue weighted by Crippen LogP contribution is -2.17. The molecule has 0 aromatic heterocycles. The number of hydrogen-bond donors (Lipinski definition) is 1. The Balaban J connectivity index is 1.74. The van der Waals surface area contributed by atoms with E-state index in [1.54, 1.807) is 60.7 Å². The van der Waals surface area contributed by atoms with Crippen LogP contribution >= 0.6 is 43.5 Å². The van der Waals surface area contributed by atoms with Crippen molar-refractivity contribution in [2.75, 3.05) is 0 Å². The molecule has 0 aliphatic heterocycles. The van der Waals surface area contributed by atoms with Gasteiger partial charge >= 0.3 is 5.97 Å². The highest BCUT2D eigenvalue weighted by atomic mass is 79.9. The number of halogens is 3. The van der Waals surface area contributed by atoms with E-state index >= 15 is 0 Å². The number of carbonyl (C=O) groups is 2. The van der Waals surface area contributed by atoms with Gasteiger partial charge in [0.1, 0.15) is 5.75 Å². The number of benzene rings is 3. The molecule has 0 saturated carbocycles. The molecule has 3 aromatic carbocycles. The van der Waals surface area contributed by atoms with E-state index in [1.807, 2.05) is 6.07 Å². The summed E-state index contributed by atoms with van der Waals surface area (Å²) in [6.45, 7) is 0. The first-order valence-electron chi connectivity index (χ1n) is 8.28. The van der Waals surface area contributed by atoms with Crippen LogP contribution in [0.25, 0.3) is 0 Å². The number of nitrogens with one attached hydrogen (secondary N) is 1. The molecule has 146 valence electrons. The first-order chi connectivity index (χ1) is 13.9. The first-order valence-corrected chi connectivity index (χ1v) is 10.2. The molecule has 29 heavy (non-hydrogen) atoms. The van der Waals surface area contributed by atoms with Gasteiger partial charge in [-0.05, 0) is 60.7 Å². The van der Waals surface area contributed by atoms with E-state index in [4.69, 9.17) is 16.3 Å². The number of amides is 1. The van der Waals surface area contributed by atoms with Gasteiger partial charge in [0.2, 0.25) is 0 Å². The summed E-state index contributed by atoms with van der Waals surface area (Å²) < 4.78 is 7.03. The highest BCUT2D eigenvalue weighted by molar-refractivity contribution is 9.10. The minimum atomic E-state index is -0.531. The van der Waals surface area contributed by atoms with Crippen molar-refractivity contribution < 1.29 is 14.3 Å². The SMILES string of the molecule is O=C(N/N=C/c1cc(Br)ccc1OC(=O)c1ccc(Cl)cc1)c1cccc(Br)c1. The van der Waals surface area contributed by atoms with Gasteiger partial charge in [-0.25, -0.2) is 10.2 Å². The van der Waals surface area contributed by atoms with Crippen molar-refractivity contribution in [2.24, 2.45) is 5.10 Å². The smallest absolute Gasteiger partial charge is 0.343 e. The maximum absolute atomic E-state index is 12.4. The first kappa shape index (κ1) is 21.2. The maximum Gasteiger partial charge on any atom is 0.343 e. The van der Waals surface area contributed by atoms with E-state index < -0.39 is 5.97 Å². The normalized spacial score (nSPS) is 10.7. The van der Waals surface area contributed by atoms with Gasteiger partial charge in [0.05, 0.1) is 11.8 Å². The van der Waals surface area contributed by atoms with Crippen LogP contribution in [0.2, 0.25) is 5.02 Å². The summed E-state index contributed by atoms with van der Waals surface area (Å²) in [5, 5.41) is 4.50. The molecule has 3 rings (SSSR count). The molecule has 0 spiro atoms. The highest BCUT2D eigenvalue weighted by Crippen LogP contribution is 2.23. The summed E-state index contributed by atoms with van der Waals surface area (Å²) in [5.74, 6) is -0.595. The molecule has 0 saturated heterocycles. The second kappa shape index (κ2) is 9.82. The number of carbonyl (C=O) groups excluding carboxylic acids is 2. The largest absolute Gasteiger partial charge is 0.422 e. The van der Waals surface area contributed by atoms with Crippen molar-refractivity contribution in [2.45, 2.75) is 0 Å². The standard InChI is InChI=1S/C21H13Br2ClN2O3/c22-16-3-1-2-14(10-16)20(27)26-25-12-15-11-17(23)6-9-19(15)29-21(28)13-4-7-18(24)8-5-13/h1-12H,(H,26,27)/b25-12+. The van der Waals surface area contributed by atoms with Gasteiger partial charge < -0.3 is 4.74 Å². The van der Waals surface area contributed by atoms with Gasteiger partial charge in [0.15, 0.2) is 0 Å². The Hall–Kier alpha value is -2.48. The molecule has 8 heteroatoms. The molecule has 5 nitrogen and oxygen atoms in total. The summed E-state index contributed by atoms with van der Waals surface area (Å²) in [4.78, 5) is 24.5. The Kier molecular flexibility index (Phi) is 7.19. The van der Waals surface area contributed by atoms with Gasteiger partial charge in [-0.3, -0.25) is 4.79 Å². The number of esters is 1. The average molecular weight is 537 g/mol. The summed E-state index contributed by atoms with van der Waals surface area (Å²) in [5.41, 5.74) is 3.78. The number of hydrazone groups is 1. The molecule has 0 aliphatic rings. The molecule has 0 heterocycles. The Morgan fingerprint density at radius 2 is 1.66 bits per heavy atom. The summed E-state index contributed by atoms with van der Waals surface area (Å²) in [6.07, 6.45) is 1.41. The fourth-order valence-electron chi connectivity index (χ4n) is 2.31. The Labute approximate surface area is 189 Å². The van der Waals surface area contributed by atoms with Gasteiger partial charge in [-0.1, -0.05) is 49.5 Å². The zero-order chi connectivity index (χ0) is 20.8. The average Bonchev–Trinajstić information content (AvgIpc) is 2.70. The molecule has 1 N–H and O–H groups in total. The zero-order valence-corrected chi connectivity index (χ0v) is 18.7. The van der Waals surface area contributed by atoms with Crippen LogP contribution in [0.5, 0.6) is 5.75 Å². The molecule has 0 fully saturated rings. The topological polar surface area (TPSA) is 67.8 Å². The van der Waals surface area contributed by atoms with Crippen molar-refractivity contribution in [1.29, 1.82) is 0 Å². The Bertz CT molecular complexity index is 1090. The van der Waals surface area contributed by atoms with Crippen LogP contribution in [0.4, 0.5) is 0 Å². The minimum absolute atomic E-state index is 0.300. The Morgan fingerprint density at radius 3 is 2.38 bits per heavy atom. The molecule has 0 aliphatic carbocycles. The summed E-state index contributed by atoms with van der Waals surface area (Å²) >= 11 is 12.5. The molecule has 0 atom stereocenters. The van der Waals surface area contributed by atoms with Gasteiger partial charge in [0.25, 0.3) is 5.91 Å². The van der Waals surface area contributed by atoms with Crippen LogP contribution in [-0.2, 0) is 0 Å². The summed E-state index contributed by atoms with van der Waals surface area (Å²) in [6, 6.07) is 18.4. The third-order valence-corrected chi connectivity index (χ3v) is 4.95. The molecule has 0 bridgehead atoms. The number of nitrogens with zero attached hydrogens (tertiary/aromatic N) is 1. The van der Waals surface area contributed by atoms with Crippen LogP contribution in [0.3, 0.4) is 0 Å². The van der Waals surface area contributed by atoms with E-state index in [9.17, 15) is 9.59 Å². The Morgan fingerprint density at radius 1 is 0.931 bits per heavy atom. The third kappa shape index (κ3) is 6.00. The highest BCUT2D eigenvalue weighted by Gasteiger charge is 2.12. The third-order valence-electron chi connectivity index (χ3n) is 3.71. The fraction of sp³-hybridized carbons (Fsp3) is 0. The molecule has 0 radical (unpaired) electrons. The van der Waals surface area contributed by atoms with Crippen molar-refractivity contribution in [3.8, 4) is 5.75 Å². The van der Waals surface area contributed by atoms with E-state index in [1.165, 1.54) is 6.21 Å². The van der Waals surface area contributed by atoms with Crippen molar-refractivity contribution in [3.63, 3.8) is 0 Å². The quantitative estimate of drug-likeness (QED) is 0.193. The van der Waals surface area contributed by atoms with E-state index in [0.717, 1.165) is 8.95 Å². The lowest BCUT2D eigenvalue weighted by Gasteiger charge is -2.08. The van der Waals surface area contributed by atoms with Crippen LogP contribution in [-0.4, -0.2) is 18.1 Å². The second-order valence-corrected chi connectivity index (χ2v) is 8.06. The fourth-order valence-corrected chi connectivity index (χ4v) is 3.22. The lowest BCUT2D eigenvalue weighted by molar-refractivity contribution is 0.0734. The number of ether oxygens (including phenoxy) is 1. The van der Waals surface area contributed by atoms with Crippen LogP contribution in [0, 0.1) is 0 Å². The predicted molar refractivity (Wildman–Crippen MR) is 120 cm³/mol.